The van der Waals surface area contributed by atoms with Crippen molar-refractivity contribution >= 4 is 5.91 Å². The van der Waals surface area contributed by atoms with Crippen molar-refractivity contribution in [3.8, 4) is 11.8 Å². The minimum absolute atomic E-state index is 0.0339. The maximum atomic E-state index is 12.7. The second kappa shape index (κ2) is 7.99. The van der Waals surface area contributed by atoms with E-state index in [1.165, 1.54) is 0 Å². The summed E-state index contributed by atoms with van der Waals surface area (Å²) in [7, 11) is 0. The molecule has 1 atom stereocenters. The first-order chi connectivity index (χ1) is 13.7. The molecule has 0 radical (unpaired) electrons. The lowest BCUT2D eigenvalue weighted by Crippen LogP contribution is -2.66. The van der Waals surface area contributed by atoms with Gasteiger partial charge >= 0.3 is 0 Å². The van der Waals surface area contributed by atoms with E-state index in [1.54, 1.807) is 36.7 Å². The summed E-state index contributed by atoms with van der Waals surface area (Å²) >= 11 is 0. The largest absolute Gasteiger partial charge is 0.492 e. The zero-order valence-electron chi connectivity index (χ0n) is 15.7. The van der Waals surface area contributed by atoms with Gasteiger partial charge in [0, 0.05) is 18.4 Å². The van der Waals surface area contributed by atoms with Crippen LogP contribution in [0.25, 0.3) is 0 Å². The van der Waals surface area contributed by atoms with Gasteiger partial charge in [-0.25, -0.2) is 0 Å². The molecule has 0 saturated carbocycles. The van der Waals surface area contributed by atoms with Gasteiger partial charge in [-0.15, -0.1) is 0 Å². The fraction of sp³-hybridized carbons (Fsp3) is 0.409. The molecule has 0 bridgehead atoms. The Morgan fingerprint density at radius 3 is 3.04 bits per heavy atom. The van der Waals surface area contributed by atoms with Crippen molar-refractivity contribution in [3.63, 3.8) is 0 Å². The Bertz CT molecular complexity index is 872. The number of benzene rings is 1. The first-order valence-corrected chi connectivity index (χ1v) is 9.64. The van der Waals surface area contributed by atoms with E-state index in [1.807, 2.05) is 17.0 Å². The summed E-state index contributed by atoms with van der Waals surface area (Å²) < 4.78 is 11.8. The Kier molecular flexibility index (Phi) is 5.27. The van der Waals surface area contributed by atoms with Crippen molar-refractivity contribution in [1.29, 1.82) is 5.26 Å². The van der Waals surface area contributed by atoms with E-state index in [0.29, 0.717) is 36.7 Å². The molecule has 2 saturated heterocycles. The maximum absolute atomic E-state index is 12.7. The monoisotopic (exact) mass is 377 g/mol. The number of hydrogen-bond acceptors (Lipinski definition) is 5. The number of carbonyl (C=O) groups excluding carboxylic acids is 1. The molecule has 0 unspecified atom stereocenters. The Morgan fingerprint density at radius 2 is 2.25 bits per heavy atom. The lowest BCUT2D eigenvalue weighted by atomic mass is 9.79. The third-order valence-electron chi connectivity index (χ3n) is 5.51. The number of amides is 1. The van der Waals surface area contributed by atoms with E-state index in [2.05, 4.69) is 11.1 Å². The van der Waals surface area contributed by atoms with Gasteiger partial charge in [0.1, 0.15) is 11.4 Å². The third-order valence-corrected chi connectivity index (χ3v) is 5.51. The number of pyridine rings is 1. The topological polar surface area (TPSA) is 75.5 Å². The van der Waals surface area contributed by atoms with E-state index in [-0.39, 0.29) is 11.5 Å². The minimum Gasteiger partial charge on any atom is -0.492 e. The van der Waals surface area contributed by atoms with Crippen LogP contribution in [-0.2, 0) is 4.74 Å². The van der Waals surface area contributed by atoms with Crippen LogP contribution < -0.4 is 4.74 Å². The molecule has 1 spiro atoms. The number of nitriles is 1. The fourth-order valence-corrected chi connectivity index (χ4v) is 4.07. The van der Waals surface area contributed by atoms with Gasteiger partial charge in [0.05, 0.1) is 37.5 Å². The predicted molar refractivity (Wildman–Crippen MR) is 103 cm³/mol. The SMILES string of the molecule is N#Cc1cccc(C(=O)N2CC3(C[C@H](CCOc4cccnc4)CCO3)C2)c1. The van der Waals surface area contributed by atoms with Gasteiger partial charge in [-0.1, -0.05) is 6.07 Å². The highest BCUT2D eigenvalue weighted by Crippen LogP contribution is 2.38. The summed E-state index contributed by atoms with van der Waals surface area (Å²) in [6.07, 6.45) is 6.40. The van der Waals surface area contributed by atoms with Crippen molar-refractivity contribution < 1.29 is 14.3 Å². The summed E-state index contributed by atoms with van der Waals surface area (Å²) in [6, 6.07) is 12.7. The summed E-state index contributed by atoms with van der Waals surface area (Å²) in [5.41, 5.74) is 0.842. The van der Waals surface area contributed by atoms with Crippen LogP contribution in [0.2, 0.25) is 0 Å². The van der Waals surface area contributed by atoms with Crippen LogP contribution in [0.4, 0.5) is 0 Å². The standard InChI is InChI=1S/C22H23N3O3/c23-13-18-3-1-4-19(11-18)21(26)25-15-22(16-25)12-17(7-10-28-22)6-9-27-20-5-2-8-24-14-20/h1-5,8,11,14,17H,6-7,9-10,12,15-16H2/t17-/m1/s1. The first-order valence-electron chi connectivity index (χ1n) is 9.64. The molecule has 28 heavy (non-hydrogen) atoms. The summed E-state index contributed by atoms with van der Waals surface area (Å²) in [5.74, 6) is 1.29. The number of hydrogen-bond donors (Lipinski definition) is 0. The van der Waals surface area contributed by atoms with E-state index in [0.717, 1.165) is 31.6 Å². The molecule has 6 nitrogen and oxygen atoms in total. The molecule has 6 heteroatoms. The average molecular weight is 377 g/mol. The fourth-order valence-electron chi connectivity index (χ4n) is 4.07. The van der Waals surface area contributed by atoms with Crippen LogP contribution in [0.1, 0.15) is 35.2 Å². The molecular formula is C22H23N3O3. The van der Waals surface area contributed by atoms with E-state index < -0.39 is 0 Å². The van der Waals surface area contributed by atoms with Crippen molar-refractivity contribution in [2.24, 2.45) is 5.92 Å². The predicted octanol–water partition coefficient (Wildman–Crippen LogP) is 3.04. The summed E-state index contributed by atoms with van der Waals surface area (Å²) in [4.78, 5) is 18.5. The zero-order chi connectivity index (χ0) is 19.4. The van der Waals surface area contributed by atoms with Crippen LogP contribution in [0.3, 0.4) is 0 Å². The van der Waals surface area contributed by atoms with Gasteiger partial charge in [0.25, 0.3) is 5.91 Å². The number of aromatic nitrogens is 1. The molecule has 1 aromatic heterocycles. The van der Waals surface area contributed by atoms with Crippen molar-refractivity contribution in [2.45, 2.75) is 24.9 Å². The molecular weight excluding hydrogens is 354 g/mol. The number of likely N-dealkylation sites (tertiary alicyclic amines) is 1. The van der Waals surface area contributed by atoms with Gasteiger partial charge in [-0.2, -0.15) is 5.26 Å². The van der Waals surface area contributed by atoms with E-state index >= 15 is 0 Å². The van der Waals surface area contributed by atoms with Crippen LogP contribution in [0.5, 0.6) is 5.75 Å². The highest BCUT2D eigenvalue weighted by Gasteiger charge is 2.49. The van der Waals surface area contributed by atoms with Crippen LogP contribution >= 0.6 is 0 Å². The van der Waals surface area contributed by atoms with E-state index in [9.17, 15) is 4.79 Å². The van der Waals surface area contributed by atoms with E-state index in [4.69, 9.17) is 14.7 Å². The molecule has 4 rings (SSSR count). The second-order valence-corrected chi connectivity index (χ2v) is 7.57. The molecule has 0 aliphatic carbocycles. The second-order valence-electron chi connectivity index (χ2n) is 7.57. The lowest BCUT2D eigenvalue weighted by Gasteiger charge is -2.53. The Labute approximate surface area is 164 Å². The highest BCUT2D eigenvalue weighted by atomic mass is 16.5. The van der Waals surface area contributed by atoms with Gasteiger partial charge in [-0.3, -0.25) is 9.78 Å². The normalized spacial score (nSPS) is 20.2. The number of carbonyl (C=O) groups is 1. The van der Waals surface area contributed by atoms with Gasteiger partial charge in [0.15, 0.2) is 0 Å². The Morgan fingerprint density at radius 1 is 1.36 bits per heavy atom. The quantitative estimate of drug-likeness (QED) is 0.801. The molecule has 2 aliphatic heterocycles. The highest BCUT2D eigenvalue weighted by molar-refractivity contribution is 5.95. The number of rotatable bonds is 5. The van der Waals surface area contributed by atoms with Crippen molar-refractivity contribution in [3.05, 3.63) is 59.9 Å². The molecule has 2 aromatic rings. The molecule has 2 fully saturated rings. The summed E-state index contributed by atoms with van der Waals surface area (Å²) in [6.45, 7) is 2.62. The third kappa shape index (κ3) is 4.00. The molecule has 0 N–H and O–H groups in total. The lowest BCUT2D eigenvalue weighted by molar-refractivity contribution is -0.166. The molecule has 1 aromatic carbocycles. The number of nitrogens with zero attached hydrogens (tertiary/aromatic N) is 3. The molecule has 1 amide bonds. The van der Waals surface area contributed by atoms with Crippen LogP contribution in [0.15, 0.2) is 48.8 Å². The average Bonchev–Trinajstić information content (AvgIpc) is 2.72. The van der Waals surface area contributed by atoms with Crippen LogP contribution in [-0.4, -0.2) is 47.7 Å². The minimum atomic E-state index is -0.223. The zero-order valence-corrected chi connectivity index (χ0v) is 15.7. The Hall–Kier alpha value is -2.91. The number of ether oxygens (including phenoxy) is 2. The van der Waals surface area contributed by atoms with Gasteiger partial charge in [0.2, 0.25) is 0 Å². The Balaban J connectivity index is 1.28. The smallest absolute Gasteiger partial charge is 0.254 e. The molecule has 2 aliphatic rings. The summed E-state index contributed by atoms with van der Waals surface area (Å²) in [5, 5.41) is 9.02. The molecule has 3 heterocycles. The van der Waals surface area contributed by atoms with Gasteiger partial charge in [-0.05, 0) is 55.5 Å². The van der Waals surface area contributed by atoms with Crippen molar-refractivity contribution in [1.82, 2.24) is 9.88 Å². The van der Waals surface area contributed by atoms with Gasteiger partial charge < -0.3 is 14.4 Å². The molecule has 144 valence electrons. The van der Waals surface area contributed by atoms with Crippen LogP contribution in [0, 0.1) is 17.2 Å². The maximum Gasteiger partial charge on any atom is 0.254 e. The first kappa shape index (κ1) is 18.5. The van der Waals surface area contributed by atoms with Crippen molar-refractivity contribution in [2.75, 3.05) is 26.3 Å².